The number of rotatable bonds is 7. The van der Waals surface area contributed by atoms with Crippen LogP contribution in [0.2, 0.25) is 0 Å². The topological polar surface area (TPSA) is 49.3 Å². The van der Waals surface area contributed by atoms with Crippen LogP contribution in [0.3, 0.4) is 0 Å². The monoisotopic (exact) mass is 350 g/mol. The number of guanidine groups is 1. The normalized spacial score (nSPS) is 25.9. The van der Waals surface area contributed by atoms with Crippen LogP contribution in [0.1, 0.15) is 32.6 Å². The molecule has 3 aliphatic rings. The van der Waals surface area contributed by atoms with Crippen molar-refractivity contribution in [1.82, 2.24) is 15.1 Å². The largest absolute Gasteiger partial charge is 0.381 e. The van der Waals surface area contributed by atoms with Gasteiger partial charge in [0.2, 0.25) is 0 Å². The molecule has 25 heavy (non-hydrogen) atoms. The van der Waals surface area contributed by atoms with Crippen LogP contribution in [0, 0.1) is 0 Å². The summed E-state index contributed by atoms with van der Waals surface area (Å²) in [7, 11) is 0. The van der Waals surface area contributed by atoms with E-state index in [1.54, 1.807) is 0 Å². The summed E-state index contributed by atoms with van der Waals surface area (Å²) in [4.78, 5) is 9.82. The minimum atomic E-state index is 0.388. The van der Waals surface area contributed by atoms with Gasteiger partial charge < -0.3 is 19.7 Å². The van der Waals surface area contributed by atoms with Gasteiger partial charge in [-0.3, -0.25) is 9.89 Å². The van der Waals surface area contributed by atoms with E-state index in [9.17, 15) is 0 Å². The summed E-state index contributed by atoms with van der Waals surface area (Å²) in [6.45, 7) is 10.8. The molecule has 0 aromatic carbocycles. The van der Waals surface area contributed by atoms with Crippen LogP contribution in [0.5, 0.6) is 0 Å². The first-order chi connectivity index (χ1) is 12.4. The number of aliphatic imine (C=N–C) groups is 1. The van der Waals surface area contributed by atoms with Crippen molar-refractivity contribution in [2.24, 2.45) is 4.99 Å². The molecule has 2 fully saturated rings. The van der Waals surface area contributed by atoms with Gasteiger partial charge in [0.05, 0.1) is 6.10 Å². The molecule has 1 atom stereocenters. The molecule has 3 aliphatic heterocycles. The Balaban J connectivity index is 1.38. The predicted molar refractivity (Wildman–Crippen MR) is 101 cm³/mol. The van der Waals surface area contributed by atoms with Gasteiger partial charge in [0.15, 0.2) is 5.96 Å². The van der Waals surface area contributed by atoms with Gasteiger partial charge in [-0.25, -0.2) is 0 Å². The minimum absolute atomic E-state index is 0.388. The van der Waals surface area contributed by atoms with Crippen molar-refractivity contribution in [3.63, 3.8) is 0 Å². The maximum Gasteiger partial charge on any atom is 0.193 e. The Labute approximate surface area is 152 Å². The zero-order valence-corrected chi connectivity index (χ0v) is 15.7. The Morgan fingerprint density at radius 2 is 2.04 bits per heavy atom. The van der Waals surface area contributed by atoms with Gasteiger partial charge in [0.1, 0.15) is 0 Å². The van der Waals surface area contributed by atoms with Gasteiger partial charge >= 0.3 is 0 Å². The Kier molecular flexibility index (Phi) is 7.57. The number of nitrogens with zero attached hydrogens (tertiary/aromatic N) is 3. The molecule has 6 heteroatoms. The Hall–Kier alpha value is -1.11. The fraction of sp³-hybridized carbons (Fsp3) is 0.842. The van der Waals surface area contributed by atoms with E-state index >= 15 is 0 Å². The number of ether oxygens (including phenoxy) is 2. The highest BCUT2D eigenvalue weighted by Gasteiger charge is 2.29. The number of likely N-dealkylation sites (tertiary alicyclic amines) is 1. The summed E-state index contributed by atoms with van der Waals surface area (Å²) in [6, 6.07) is 0.663. The zero-order valence-electron chi connectivity index (χ0n) is 15.7. The van der Waals surface area contributed by atoms with E-state index in [0.29, 0.717) is 12.1 Å². The van der Waals surface area contributed by atoms with Crippen molar-refractivity contribution >= 4 is 5.96 Å². The van der Waals surface area contributed by atoms with E-state index in [1.807, 2.05) is 0 Å². The maximum atomic E-state index is 5.94. The minimum Gasteiger partial charge on any atom is -0.381 e. The summed E-state index contributed by atoms with van der Waals surface area (Å²) < 4.78 is 11.3. The van der Waals surface area contributed by atoms with Crippen LogP contribution in [0.25, 0.3) is 0 Å². The third kappa shape index (κ3) is 5.69. The highest BCUT2D eigenvalue weighted by atomic mass is 16.5. The van der Waals surface area contributed by atoms with Gasteiger partial charge in [-0.2, -0.15) is 0 Å². The summed E-state index contributed by atoms with van der Waals surface area (Å²) >= 11 is 0. The lowest BCUT2D eigenvalue weighted by atomic mass is 10.1. The van der Waals surface area contributed by atoms with Crippen molar-refractivity contribution < 1.29 is 9.47 Å². The van der Waals surface area contributed by atoms with E-state index in [2.05, 4.69) is 34.2 Å². The SMILES string of the molecule is CCNC(=NCCCOC1CCOCC1)N1CCC(N2CC=CC2)C1. The lowest BCUT2D eigenvalue weighted by Crippen LogP contribution is -2.42. The Morgan fingerprint density at radius 3 is 2.80 bits per heavy atom. The molecule has 0 amide bonds. The lowest BCUT2D eigenvalue weighted by molar-refractivity contribution is -0.0318. The van der Waals surface area contributed by atoms with Gasteiger partial charge in [-0.1, -0.05) is 12.2 Å². The first-order valence-electron chi connectivity index (χ1n) is 9.98. The summed E-state index contributed by atoms with van der Waals surface area (Å²) in [5.41, 5.74) is 0. The van der Waals surface area contributed by atoms with E-state index < -0.39 is 0 Å². The zero-order chi connectivity index (χ0) is 17.3. The molecule has 1 N–H and O–H groups in total. The molecule has 3 rings (SSSR count). The summed E-state index contributed by atoms with van der Waals surface area (Å²) in [5, 5.41) is 3.46. The average Bonchev–Trinajstić information content (AvgIpc) is 3.33. The van der Waals surface area contributed by atoms with Gasteiger partial charge in [-0.15, -0.1) is 0 Å². The number of hydrogen-bond acceptors (Lipinski definition) is 4. The molecular weight excluding hydrogens is 316 g/mol. The molecule has 3 heterocycles. The third-order valence-electron chi connectivity index (χ3n) is 5.25. The van der Waals surface area contributed by atoms with Crippen LogP contribution in [0.4, 0.5) is 0 Å². The second-order valence-electron chi connectivity index (χ2n) is 7.09. The average molecular weight is 351 g/mol. The van der Waals surface area contributed by atoms with Crippen LogP contribution in [-0.2, 0) is 9.47 Å². The molecule has 1 unspecified atom stereocenters. The van der Waals surface area contributed by atoms with Crippen molar-refractivity contribution in [1.29, 1.82) is 0 Å². The predicted octanol–water partition coefficient (Wildman–Crippen LogP) is 1.48. The molecule has 0 aromatic rings. The van der Waals surface area contributed by atoms with E-state index in [4.69, 9.17) is 14.5 Å². The smallest absolute Gasteiger partial charge is 0.193 e. The van der Waals surface area contributed by atoms with Gasteiger partial charge in [-0.05, 0) is 32.6 Å². The fourth-order valence-electron chi connectivity index (χ4n) is 3.79. The van der Waals surface area contributed by atoms with E-state index in [-0.39, 0.29) is 0 Å². The standard InChI is InChI=1S/C19H34N4O2/c1-2-20-19(21-9-5-13-25-18-7-14-24-15-8-18)23-12-6-17(16-23)22-10-3-4-11-22/h3-4,17-18H,2,5-16H2,1H3,(H,20,21). The molecule has 0 aliphatic carbocycles. The molecule has 0 bridgehead atoms. The molecule has 2 saturated heterocycles. The molecule has 0 saturated carbocycles. The Bertz CT molecular complexity index is 441. The Morgan fingerprint density at radius 1 is 1.24 bits per heavy atom. The summed E-state index contributed by atoms with van der Waals surface area (Å²) in [6.07, 6.45) is 9.23. The molecule has 0 spiro atoms. The van der Waals surface area contributed by atoms with Crippen LogP contribution in [0.15, 0.2) is 17.1 Å². The number of nitrogens with one attached hydrogen (secondary N) is 1. The third-order valence-corrected chi connectivity index (χ3v) is 5.25. The quantitative estimate of drug-likeness (QED) is 0.326. The van der Waals surface area contributed by atoms with Gasteiger partial charge in [0.25, 0.3) is 0 Å². The van der Waals surface area contributed by atoms with Crippen molar-refractivity contribution in [3.8, 4) is 0 Å². The molecule has 6 nitrogen and oxygen atoms in total. The van der Waals surface area contributed by atoms with Crippen LogP contribution >= 0.6 is 0 Å². The fourth-order valence-corrected chi connectivity index (χ4v) is 3.79. The molecule has 0 aromatic heterocycles. The van der Waals surface area contributed by atoms with Crippen molar-refractivity contribution in [2.45, 2.75) is 44.8 Å². The van der Waals surface area contributed by atoms with E-state index in [0.717, 1.165) is 84.3 Å². The molecule has 0 radical (unpaired) electrons. The highest BCUT2D eigenvalue weighted by Crippen LogP contribution is 2.18. The van der Waals surface area contributed by atoms with Crippen molar-refractivity contribution in [2.75, 3.05) is 59.1 Å². The van der Waals surface area contributed by atoms with Gasteiger partial charge in [0, 0.05) is 65.1 Å². The summed E-state index contributed by atoms with van der Waals surface area (Å²) in [5.74, 6) is 1.07. The van der Waals surface area contributed by atoms with E-state index in [1.165, 1.54) is 6.42 Å². The van der Waals surface area contributed by atoms with Crippen LogP contribution < -0.4 is 5.32 Å². The highest BCUT2D eigenvalue weighted by molar-refractivity contribution is 5.80. The van der Waals surface area contributed by atoms with Crippen LogP contribution in [-0.4, -0.2) is 87.0 Å². The lowest BCUT2D eigenvalue weighted by Gasteiger charge is -2.25. The maximum absolute atomic E-state index is 5.94. The first-order valence-corrected chi connectivity index (χ1v) is 9.98. The van der Waals surface area contributed by atoms with Crippen molar-refractivity contribution in [3.05, 3.63) is 12.2 Å². The second kappa shape index (κ2) is 10.1. The molecule has 142 valence electrons. The number of hydrogen-bond donors (Lipinski definition) is 1. The second-order valence-corrected chi connectivity index (χ2v) is 7.09. The molecular formula is C19H34N4O2. The first kappa shape index (κ1) is 18.7.